The quantitative estimate of drug-likeness (QED) is 0.751. The van der Waals surface area contributed by atoms with Crippen molar-refractivity contribution in [2.45, 2.75) is 38.0 Å². The first-order valence-corrected chi connectivity index (χ1v) is 6.29. The fourth-order valence-electron chi connectivity index (χ4n) is 1.55. The Bertz CT molecular complexity index is 197. The van der Waals surface area contributed by atoms with E-state index < -0.39 is 0 Å². The minimum atomic E-state index is -0.0178. The molecule has 1 fully saturated rings. The van der Waals surface area contributed by atoms with Crippen LogP contribution in [0.2, 0.25) is 0 Å². The molecule has 1 saturated heterocycles. The predicted octanol–water partition coefficient (Wildman–Crippen LogP) is 1.08. The maximum Gasteiger partial charge on any atom is 0.224 e. The minimum Gasteiger partial charge on any atom is -0.342 e. The molecule has 0 aliphatic carbocycles. The molecule has 0 radical (unpaired) electrons. The molecule has 0 saturated carbocycles. The SMILES string of the molecule is CC(N)CC(=O)N1CCSC(C)CC1. The van der Waals surface area contributed by atoms with Gasteiger partial charge in [-0.1, -0.05) is 6.92 Å². The van der Waals surface area contributed by atoms with Crippen LogP contribution in [0.4, 0.5) is 0 Å². The van der Waals surface area contributed by atoms with E-state index in [1.165, 1.54) is 0 Å². The van der Waals surface area contributed by atoms with E-state index in [4.69, 9.17) is 5.73 Å². The van der Waals surface area contributed by atoms with Gasteiger partial charge in [0.1, 0.15) is 0 Å². The van der Waals surface area contributed by atoms with E-state index in [1.54, 1.807) is 0 Å². The second kappa shape index (κ2) is 5.61. The molecule has 2 unspecified atom stereocenters. The van der Waals surface area contributed by atoms with E-state index in [0.29, 0.717) is 11.7 Å². The molecule has 1 aliphatic heterocycles. The standard InChI is InChI=1S/C10H20N2OS/c1-8(11)7-10(13)12-4-3-9(2)14-6-5-12/h8-9H,3-7,11H2,1-2H3. The lowest BCUT2D eigenvalue weighted by Crippen LogP contribution is -2.36. The molecule has 1 aliphatic rings. The normalized spacial score (nSPS) is 25.6. The van der Waals surface area contributed by atoms with Gasteiger partial charge in [-0.15, -0.1) is 0 Å². The van der Waals surface area contributed by atoms with Crippen molar-refractivity contribution >= 4 is 17.7 Å². The topological polar surface area (TPSA) is 46.3 Å². The number of thioether (sulfide) groups is 1. The summed E-state index contributed by atoms with van der Waals surface area (Å²) in [4.78, 5) is 13.7. The van der Waals surface area contributed by atoms with Crippen molar-refractivity contribution in [3.8, 4) is 0 Å². The van der Waals surface area contributed by atoms with Gasteiger partial charge in [0.15, 0.2) is 0 Å². The van der Waals surface area contributed by atoms with E-state index >= 15 is 0 Å². The van der Waals surface area contributed by atoms with E-state index in [0.717, 1.165) is 25.3 Å². The third-order valence-electron chi connectivity index (χ3n) is 2.42. The largest absolute Gasteiger partial charge is 0.342 e. The lowest BCUT2D eigenvalue weighted by molar-refractivity contribution is -0.131. The van der Waals surface area contributed by atoms with Gasteiger partial charge in [0, 0.05) is 36.6 Å². The molecule has 0 bridgehead atoms. The number of nitrogens with two attached hydrogens (primary N) is 1. The maximum absolute atomic E-state index is 11.7. The van der Waals surface area contributed by atoms with Crippen LogP contribution in [0.5, 0.6) is 0 Å². The highest BCUT2D eigenvalue weighted by molar-refractivity contribution is 7.99. The number of rotatable bonds is 2. The third-order valence-corrected chi connectivity index (χ3v) is 3.64. The Labute approximate surface area is 90.4 Å². The summed E-state index contributed by atoms with van der Waals surface area (Å²) in [5, 5.41) is 0.683. The Balaban J connectivity index is 2.39. The fraction of sp³-hybridized carbons (Fsp3) is 0.900. The smallest absolute Gasteiger partial charge is 0.224 e. The molecule has 3 nitrogen and oxygen atoms in total. The zero-order valence-corrected chi connectivity index (χ0v) is 9.85. The highest BCUT2D eigenvalue weighted by Crippen LogP contribution is 2.18. The molecule has 0 aromatic rings. The van der Waals surface area contributed by atoms with Crippen LogP contribution in [0.15, 0.2) is 0 Å². The molecule has 0 spiro atoms. The Morgan fingerprint density at radius 3 is 3.00 bits per heavy atom. The summed E-state index contributed by atoms with van der Waals surface area (Å²) in [5.74, 6) is 1.28. The molecule has 1 rings (SSSR count). The van der Waals surface area contributed by atoms with Gasteiger partial charge in [-0.2, -0.15) is 11.8 Å². The third kappa shape index (κ3) is 3.88. The molecule has 0 aromatic heterocycles. The van der Waals surface area contributed by atoms with Crippen LogP contribution in [0.1, 0.15) is 26.7 Å². The van der Waals surface area contributed by atoms with Gasteiger partial charge < -0.3 is 10.6 Å². The van der Waals surface area contributed by atoms with Crippen LogP contribution in [0.3, 0.4) is 0 Å². The summed E-state index contributed by atoms with van der Waals surface area (Å²) < 4.78 is 0. The number of nitrogens with zero attached hydrogens (tertiary/aromatic N) is 1. The van der Waals surface area contributed by atoms with Crippen molar-refractivity contribution in [2.24, 2.45) is 5.73 Å². The van der Waals surface area contributed by atoms with Gasteiger partial charge in [-0.25, -0.2) is 0 Å². The van der Waals surface area contributed by atoms with E-state index in [9.17, 15) is 4.79 Å². The minimum absolute atomic E-state index is 0.0178. The van der Waals surface area contributed by atoms with Crippen LogP contribution in [0, 0.1) is 0 Å². The zero-order chi connectivity index (χ0) is 10.6. The van der Waals surface area contributed by atoms with E-state index in [2.05, 4.69) is 6.92 Å². The van der Waals surface area contributed by atoms with Crippen LogP contribution < -0.4 is 5.73 Å². The average Bonchev–Trinajstić information content (AvgIpc) is 2.28. The summed E-state index contributed by atoms with van der Waals surface area (Å²) in [5.41, 5.74) is 5.61. The molecule has 1 heterocycles. The monoisotopic (exact) mass is 216 g/mol. The predicted molar refractivity (Wildman–Crippen MR) is 61.4 cm³/mol. The molecule has 2 N–H and O–H groups in total. The molecular formula is C10H20N2OS. The molecule has 4 heteroatoms. The van der Waals surface area contributed by atoms with Gasteiger partial charge in [-0.05, 0) is 13.3 Å². The summed E-state index contributed by atoms with van der Waals surface area (Å²) >= 11 is 1.95. The Kier molecular flexibility index (Phi) is 4.75. The van der Waals surface area contributed by atoms with Crippen LogP contribution in [-0.4, -0.2) is 40.9 Å². The van der Waals surface area contributed by atoms with Crippen LogP contribution in [0.25, 0.3) is 0 Å². The molecule has 2 atom stereocenters. The molecular weight excluding hydrogens is 196 g/mol. The van der Waals surface area contributed by atoms with Gasteiger partial charge in [-0.3, -0.25) is 4.79 Å². The number of carbonyl (C=O) groups excluding carboxylic acids is 1. The maximum atomic E-state index is 11.7. The summed E-state index contributed by atoms with van der Waals surface area (Å²) in [6.07, 6.45) is 1.59. The van der Waals surface area contributed by atoms with Gasteiger partial charge in [0.25, 0.3) is 0 Å². The van der Waals surface area contributed by atoms with Crippen LogP contribution >= 0.6 is 11.8 Å². The van der Waals surface area contributed by atoms with Crippen molar-refractivity contribution in [3.05, 3.63) is 0 Å². The summed E-state index contributed by atoms with van der Waals surface area (Å²) in [6, 6.07) is -0.0178. The van der Waals surface area contributed by atoms with Crippen LogP contribution in [-0.2, 0) is 4.79 Å². The second-order valence-electron chi connectivity index (χ2n) is 4.03. The first kappa shape index (κ1) is 11.9. The first-order valence-electron chi connectivity index (χ1n) is 5.24. The fourth-order valence-corrected chi connectivity index (χ4v) is 2.55. The lowest BCUT2D eigenvalue weighted by atomic mass is 10.2. The first-order chi connectivity index (χ1) is 6.59. The summed E-state index contributed by atoms with van der Waals surface area (Å²) in [7, 11) is 0. The molecule has 82 valence electrons. The highest BCUT2D eigenvalue weighted by Gasteiger charge is 2.18. The highest BCUT2D eigenvalue weighted by atomic mass is 32.2. The van der Waals surface area contributed by atoms with Gasteiger partial charge >= 0.3 is 0 Å². The average molecular weight is 216 g/mol. The molecule has 14 heavy (non-hydrogen) atoms. The summed E-state index contributed by atoms with van der Waals surface area (Å²) in [6.45, 7) is 5.90. The Morgan fingerprint density at radius 2 is 2.36 bits per heavy atom. The van der Waals surface area contributed by atoms with E-state index in [-0.39, 0.29) is 11.9 Å². The number of amides is 1. The van der Waals surface area contributed by atoms with Crippen molar-refractivity contribution < 1.29 is 4.79 Å². The van der Waals surface area contributed by atoms with Gasteiger partial charge in [0.2, 0.25) is 5.91 Å². The van der Waals surface area contributed by atoms with Crippen molar-refractivity contribution in [2.75, 3.05) is 18.8 Å². The van der Waals surface area contributed by atoms with Crippen molar-refractivity contribution in [1.82, 2.24) is 4.90 Å². The zero-order valence-electron chi connectivity index (χ0n) is 9.03. The molecule has 1 amide bonds. The van der Waals surface area contributed by atoms with Crippen molar-refractivity contribution in [3.63, 3.8) is 0 Å². The van der Waals surface area contributed by atoms with Gasteiger partial charge in [0.05, 0.1) is 0 Å². The lowest BCUT2D eigenvalue weighted by Gasteiger charge is -2.20. The second-order valence-corrected chi connectivity index (χ2v) is 5.58. The molecule has 0 aromatic carbocycles. The number of carbonyl (C=O) groups is 1. The Hall–Kier alpha value is -0.220. The van der Waals surface area contributed by atoms with E-state index in [1.807, 2.05) is 23.6 Å². The Morgan fingerprint density at radius 1 is 1.64 bits per heavy atom. The number of hydrogen-bond donors (Lipinski definition) is 1. The number of hydrogen-bond acceptors (Lipinski definition) is 3. The van der Waals surface area contributed by atoms with Crippen molar-refractivity contribution in [1.29, 1.82) is 0 Å².